The van der Waals surface area contributed by atoms with Gasteiger partial charge in [-0.25, -0.2) is 0 Å². The van der Waals surface area contributed by atoms with Crippen LogP contribution in [0, 0.1) is 0 Å². The Morgan fingerprint density at radius 1 is 0.353 bits per heavy atom. The Hall–Kier alpha value is -5.92. The van der Waals surface area contributed by atoms with E-state index >= 15 is 0 Å². The summed E-state index contributed by atoms with van der Waals surface area (Å²) >= 11 is 0. The van der Waals surface area contributed by atoms with Gasteiger partial charge in [0.2, 0.25) is 0 Å². The topological polar surface area (TPSA) is 26.0 Å². The smallest absolute Gasteiger partial charge is 0.0486 e. The Bertz CT molecular complexity index is 2660. The summed E-state index contributed by atoms with van der Waals surface area (Å²) in [7, 11) is 0. The lowest BCUT2D eigenvalue weighted by Crippen LogP contribution is -1.99. The molecule has 246 valence electrons. The first-order valence-corrected chi connectivity index (χ1v) is 18.4. The number of benzene rings is 9. The highest BCUT2D eigenvalue weighted by atomic mass is 14.6. The molecule has 0 aliphatic heterocycles. The summed E-state index contributed by atoms with van der Waals surface area (Å²) in [6, 6.07) is 56.2. The number of nitrogen functional groups attached to an aromatic ring is 1. The van der Waals surface area contributed by atoms with Gasteiger partial charge in [-0.05, 0) is 95.2 Å². The summed E-state index contributed by atoms with van der Waals surface area (Å²) in [5.74, 6) is 0. The zero-order valence-corrected chi connectivity index (χ0v) is 29.3. The number of aryl methyl sites for hydroxylation is 2. The third kappa shape index (κ3) is 5.24. The predicted molar refractivity (Wildman–Crippen MR) is 222 cm³/mol. The molecule has 1 nitrogen and oxygen atoms in total. The number of hydrogen-bond donors (Lipinski definition) is 1. The van der Waals surface area contributed by atoms with Crippen molar-refractivity contribution in [1.29, 1.82) is 0 Å². The van der Waals surface area contributed by atoms with Gasteiger partial charge in [0.25, 0.3) is 0 Å². The van der Waals surface area contributed by atoms with E-state index in [2.05, 4.69) is 166 Å². The molecule has 1 heteroatoms. The van der Waals surface area contributed by atoms with Crippen molar-refractivity contribution >= 4 is 48.8 Å². The van der Waals surface area contributed by atoms with Gasteiger partial charge in [0.05, 0.1) is 0 Å². The number of hydrogen-bond acceptors (Lipinski definition) is 1. The molecule has 2 N–H and O–H groups in total. The van der Waals surface area contributed by atoms with Crippen LogP contribution in [0.15, 0.2) is 152 Å². The van der Waals surface area contributed by atoms with E-state index in [0.29, 0.717) is 0 Å². The van der Waals surface area contributed by atoms with Crippen LogP contribution in [0.1, 0.15) is 37.8 Å². The molecule has 0 spiro atoms. The number of fused-ring (bicyclic) bond motifs is 2. The molecular weight excluding hydrogens is 615 g/mol. The minimum Gasteiger partial charge on any atom is -0.398 e. The molecule has 51 heavy (non-hydrogen) atoms. The molecule has 9 aromatic carbocycles. The summed E-state index contributed by atoms with van der Waals surface area (Å²) < 4.78 is 0. The van der Waals surface area contributed by atoms with Crippen LogP contribution < -0.4 is 5.73 Å². The Morgan fingerprint density at radius 3 is 1.25 bits per heavy atom. The van der Waals surface area contributed by atoms with Crippen molar-refractivity contribution in [3.63, 3.8) is 0 Å². The van der Waals surface area contributed by atoms with Crippen LogP contribution in [-0.4, -0.2) is 0 Å². The molecule has 0 radical (unpaired) electrons. The Labute approximate surface area is 300 Å². The van der Waals surface area contributed by atoms with Crippen LogP contribution in [0.4, 0.5) is 5.69 Å². The number of rotatable bonds is 8. The molecular formula is C50H41N. The highest BCUT2D eigenvalue weighted by Crippen LogP contribution is 2.51. The Balaban J connectivity index is 1.28. The fraction of sp³-hybridized carbons (Fsp3) is 0.120. The Morgan fingerprint density at radius 2 is 0.745 bits per heavy atom. The minimum absolute atomic E-state index is 0.833. The third-order valence-corrected chi connectivity index (χ3v) is 10.8. The van der Waals surface area contributed by atoms with Crippen LogP contribution in [-0.2, 0) is 12.8 Å². The van der Waals surface area contributed by atoms with E-state index in [1.165, 1.54) is 82.2 Å². The van der Waals surface area contributed by atoms with E-state index in [1.807, 2.05) is 0 Å². The van der Waals surface area contributed by atoms with E-state index < -0.39 is 0 Å². The van der Waals surface area contributed by atoms with Gasteiger partial charge in [0.1, 0.15) is 0 Å². The number of anilines is 1. The van der Waals surface area contributed by atoms with Gasteiger partial charge in [-0.3, -0.25) is 0 Å². The zero-order valence-electron chi connectivity index (χ0n) is 29.3. The normalized spacial score (nSPS) is 11.7. The second-order valence-electron chi connectivity index (χ2n) is 14.0. The SMILES string of the molecule is CCCc1ccc(-c2ccc(-c3c(-c4ccc(-c5ccc(CCC)cc5)cc4)c4cccc5c6cccc7cccc(c(c3N)c45)c76)cc2)cc1. The summed E-state index contributed by atoms with van der Waals surface area (Å²) in [6.07, 6.45) is 4.53. The van der Waals surface area contributed by atoms with Gasteiger partial charge >= 0.3 is 0 Å². The van der Waals surface area contributed by atoms with Crippen molar-refractivity contribution < 1.29 is 0 Å². The van der Waals surface area contributed by atoms with Crippen LogP contribution in [0.25, 0.3) is 87.6 Å². The standard InChI is InChI=1S/C50H41N/c1-3-8-32-16-20-34(21-17-32)36-24-28-39(29-25-36)46-44-15-7-13-42-41-12-5-10-38-11-6-14-43(45(38)41)49(48(42)44)50(51)47(46)40-30-26-37(27-31-40)35-22-18-33(9-4-2)19-23-35/h5-7,10-31H,3-4,8-9,51H2,1-2H3. The van der Waals surface area contributed by atoms with Crippen LogP contribution >= 0.6 is 0 Å². The summed E-state index contributed by atoms with van der Waals surface area (Å²) in [5.41, 5.74) is 20.6. The summed E-state index contributed by atoms with van der Waals surface area (Å²) in [5, 5.41) is 9.86. The van der Waals surface area contributed by atoms with E-state index in [9.17, 15) is 0 Å². The first kappa shape index (κ1) is 31.1. The molecule has 0 aliphatic rings. The van der Waals surface area contributed by atoms with Crippen molar-refractivity contribution in [2.24, 2.45) is 0 Å². The molecule has 0 saturated carbocycles. The average molecular weight is 656 g/mol. The molecule has 9 aromatic rings. The first-order chi connectivity index (χ1) is 25.1. The average Bonchev–Trinajstić information content (AvgIpc) is 3.18. The first-order valence-electron chi connectivity index (χ1n) is 18.4. The molecule has 0 unspecified atom stereocenters. The second-order valence-corrected chi connectivity index (χ2v) is 14.0. The van der Waals surface area contributed by atoms with Crippen LogP contribution in [0.3, 0.4) is 0 Å². The van der Waals surface area contributed by atoms with Crippen molar-refractivity contribution in [2.75, 3.05) is 5.73 Å². The van der Waals surface area contributed by atoms with Gasteiger partial charge in [-0.1, -0.05) is 178 Å². The van der Waals surface area contributed by atoms with E-state index in [4.69, 9.17) is 5.73 Å². The van der Waals surface area contributed by atoms with Crippen molar-refractivity contribution in [2.45, 2.75) is 39.5 Å². The van der Waals surface area contributed by atoms with Crippen molar-refractivity contribution in [1.82, 2.24) is 0 Å². The molecule has 0 aromatic heterocycles. The Kier molecular flexibility index (Phi) is 7.78. The largest absolute Gasteiger partial charge is 0.398 e. The van der Waals surface area contributed by atoms with Crippen molar-refractivity contribution in [3.05, 3.63) is 163 Å². The fourth-order valence-corrected chi connectivity index (χ4v) is 8.40. The highest BCUT2D eigenvalue weighted by Gasteiger charge is 2.23. The zero-order chi connectivity index (χ0) is 34.5. The van der Waals surface area contributed by atoms with Gasteiger partial charge < -0.3 is 5.73 Å². The van der Waals surface area contributed by atoms with Gasteiger partial charge in [0, 0.05) is 22.0 Å². The second kappa shape index (κ2) is 12.8. The minimum atomic E-state index is 0.833. The quantitative estimate of drug-likeness (QED) is 0.0984. The van der Waals surface area contributed by atoms with Gasteiger partial charge in [0.15, 0.2) is 0 Å². The lowest BCUT2D eigenvalue weighted by atomic mass is 9.81. The lowest BCUT2D eigenvalue weighted by Gasteiger charge is -2.23. The van der Waals surface area contributed by atoms with Crippen molar-refractivity contribution in [3.8, 4) is 44.5 Å². The molecule has 0 heterocycles. The maximum absolute atomic E-state index is 7.52. The fourth-order valence-electron chi connectivity index (χ4n) is 8.40. The molecule has 0 aliphatic carbocycles. The van der Waals surface area contributed by atoms with E-state index in [-0.39, 0.29) is 0 Å². The molecule has 0 saturated heterocycles. The van der Waals surface area contributed by atoms with Gasteiger partial charge in [-0.15, -0.1) is 0 Å². The summed E-state index contributed by atoms with van der Waals surface area (Å²) in [4.78, 5) is 0. The molecule has 0 amide bonds. The highest BCUT2D eigenvalue weighted by molar-refractivity contribution is 6.38. The molecule has 0 bridgehead atoms. The molecule has 0 fully saturated rings. The number of nitrogens with two attached hydrogens (primary N) is 1. The summed E-state index contributed by atoms with van der Waals surface area (Å²) in [6.45, 7) is 4.46. The maximum Gasteiger partial charge on any atom is 0.0486 e. The maximum atomic E-state index is 7.52. The third-order valence-electron chi connectivity index (χ3n) is 10.8. The monoisotopic (exact) mass is 655 g/mol. The van der Waals surface area contributed by atoms with E-state index in [0.717, 1.165) is 47.9 Å². The van der Waals surface area contributed by atoms with Crippen LogP contribution in [0.5, 0.6) is 0 Å². The van der Waals surface area contributed by atoms with Crippen LogP contribution in [0.2, 0.25) is 0 Å². The predicted octanol–water partition coefficient (Wildman–Crippen LogP) is 13.9. The molecule has 9 rings (SSSR count). The molecule has 0 atom stereocenters. The van der Waals surface area contributed by atoms with Gasteiger partial charge in [-0.2, -0.15) is 0 Å². The lowest BCUT2D eigenvalue weighted by molar-refractivity contribution is 0.922. The van der Waals surface area contributed by atoms with E-state index in [1.54, 1.807) is 0 Å².